The van der Waals surface area contributed by atoms with Crippen LogP contribution in [-0.2, 0) is 29.2 Å². The number of carbonyl (C=O) groups is 2. The molecular weight excluding hydrogens is 483 g/mol. The lowest BCUT2D eigenvalue weighted by Gasteiger charge is -2.37. The summed E-state index contributed by atoms with van der Waals surface area (Å²) in [5, 5.41) is -6.19. The van der Waals surface area contributed by atoms with Gasteiger partial charge in [-0.15, -0.1) is 0 Å². The Morgan fingerprint density at radius 3 is 1.84 bits per heavy atom. The van der Waals surface area contributed by atoms with E-state index in [1.165, 1.54) is 13.8 Å². The number of hydrogen-bond acceptors (Lipinski definition) is 7. The van der Waals surface area contributed by atoms with Crippen molar-refractivity contribution in [2.24, 2.45) is 0 Å². The number of amides is 1. The Morgan fingerprint density at radius 1 is 1.03 bits per heavy atom. The van der Waals surface area contributed by atoms with Crippen LogP contribution in [0.25, 0.3) is 0 Å². The molecule has 0 aliphatic heterocycles. The van der Waals surface area contributed by atoms with Crippen molar-refractivity contribution < 1.29 is 62.8 Å². The van der Waals surface area contributed by atoms with Crippen molar-refractivity contribution in [3.63, 3.8) is 0 Å². The minimum atomic E-state index is -6.91. The summed E-state index contributed by atoms with van der Waals surface area (Å²) in [5.41, 5.74) is 0. The topological polar surface area (TPSA) is 113 Å². The molecule has 1 amide bonds. The van der Waals surface area contributed by atoms with Crippen molar-refractivity contribution in [2.75, 3.05) is 19.7 Å². The maximum atomic E-state index is 13.8. The Morgan fingerprint density at radius 2 is 1.50 bits per heavy atom. The van der Waals surface area contributed by atoms with Crippen molar-refractivity contribution in [2.45, 2.75) is 56.3 Å². The number of nitrogens with zero attached hydrogens (tertiary/aromatic N) is 1. The molecule has 0 aromatic carbocycles. The zero-order valence-electron chi connectivity index (χ0n) is 16.9. The number of halogens is 7. The van der Waals surface area contributed by atoms with Crippen molar-refractivity contribution in [1.82, 2.24) is 4.90 Å². The van der Waals surface area contributed by atoms with E-state index in [4.69, 9.17) is 0 Å². The third-order valence-electron chi connectivity index (χ3n) is 3.80. The van der Waals surface area contributed by atoms with Gasteiger partial charge in [-0.3, -0.25) is 4.79 Å². The van der Waals surface area contributed by atoms with Gasteiger partial charge >= 0.3 is 35.0 Å². The lowest BCUT2D eigenvalue weighted by Crippen LogP contribution is -2.62. The second-order valence-corrected chi connectivity index (χ2v) is 7.73. The molecule has 0 saturated carbocycles. The van der Waals surface area contributed by atoms with E-state index in [2.05, 4.69) is 16.1 Å². The first-order chi connectivity index (χ1) is 14.3. The van der Waals surface area contributed by atoms with Gasteiger partial charge in [-0.25, -0.2) is 13.2 Å². The van der Waals surface area contributed by atoms with Crippen LogP contribution < -0.4 is 0 Å². The molecule has 0 aromatic rings. The van der Waals surface area contributed by atoms with Gasteiger partial charge in [0.15, 0.2) is 10.1 Å². The lowest BCUT2D eigenvalue weighted by atomic mass is 10.2. The molecule has 32 heavy (non-hydrogen) atoms. The second-order valence-electron chi connectivity index (χ2n) is 6.31. The zero-order valence-corrected chi connectivity index (χ0v) is 17.7. The molecule has 8 nitrogen and oxygen atoms in total. The summed E-state index contributed by atoms with van der Waals surface area (Å²) in [6.45, 7) is 3.14. The summed E-state index contributed by atoms with van der Waals surface area (Å²) >= 11 is 0. The van der Waals surface area contributed by atoms with E-state index in [0.29, 0.717) is 4.90 Å². The molecule has 0 spiro atoms. The van der Waals surface area contributed by atoms with Crippen LogP contribution in [0, 0.1) is 0 Å². The van der Waals surface area contributed by atoms with E-state index in [1.54, 1.807) is 0 Å². The fraction of sp³-hybridized carbons (Fsp3) is 0.750. The number of hydrogen-bond donors (Lipinski definition) is 0. The number of esters is 1. The number of carbonyl (C=O) groups excluding carboxylic acids is 2. The zero-order chi connectivity index (χ0) is 25.6. The average Bonchev–Trinajstić information content (AvgIpc) is 2.64. The molecule has 0 rings (SSSR count). The predicted octanol–water partition coefficient (Wildman–Crippen LogP) is 2.80. The lowest BCUT2D eigenvalue weighted by molar-refractivity contribution is -0.352. The van der Waals surface area contributed by atoms with Crippen LogP contribution in [0.15, 0.2) is 12.7 Å². The Bertz CT molecular complexity index is 780. The van der Waals surface area contributed by atoms with Crippen LogP contribution in [0.5, 0.6) is 0 Å². The van der Waals surface area contributed by atoms with E-state index in [-0.39, 0.29) is 32.0 Å². The molecule has 0 aliphatic carbocycles. The van der Waals surface area contributed by atoms with Gasteiger partial charge in [-0.1, -0.05) is 20.4 Å². The minimum Gasteiger partial charge on any atom is -0.743 e. The maximum absolute atomic E-state index is 13.8. The predicted molar refractivity (Wildman–Crippen MR) is 92.4 cm³/mol. The van der Waals surface area contributed by atoms with Gasteiger partial charge in [-0.2, -0.15) is 30.7 Å². The molecule has 0 bridgehead atoms. The highest BCUT2D eigenvalue weighted by molar-refractivity contribution is 7.86. The quantitative estimate of drug-likeness (QED) is 0.125. The third-order valence-corrected chi connectivity index (χ3v) is 4.73. The first-order valence-corrected chi connectivity index (χ1v) is 10.3. The Balaban J connectivity index is 6.22. The molecule has 0 heterocycles. The normalized spacial score (nSPS) is 15.1. The van der Waals surface area contributed by atoms with Gasteiger partial charge < -0.3 is 18.9 Å². The molecular formula is C16H21F7NO7S-. The molecule has 16 heteroatoms. The van der Waals surface area contributed by atoms with Crippen LogP contribution >= 0.6 is 0 Å². The van der Waals surface area contributed by atoms with Crippen molar-refractivity contribution in [3.8, 4) is 0 Å². The summed E-state index contributed by atoms with van der Waals surface area (Å²) in [7, 11) is -6.91. The van der Waals surface area contributed by atoms with Gasteiger partial charge in [-0.05, 0) is 12.8 Å². The summed E-state index contributed by atoms with van der Waals surface area (Å²) < 4.78 is 134. The minimum absolute atomic E-state index is 0.126. The molecule has 0 aromatic heterocycles. The Labute approximate surface area is 179 Å². The first-order valence-electron chi connectivity index (χ1n) is 8.91. The summed E-state index contributed by atoms with van der Waals surface area (Å²) in [6.07, 6.45) is -7.87. The van der Waals surface area contributed by atoms with Crippen LogP contribution in [0.2, 0.25) is 0 Å². The van der Waals surface area contributed by atoms with Crippen LogP contribution in [0.1, 0.15) is 33.1 Å². The molecule has 0 N–H and O–H groups in total. The molecule has 1 unspecified atom stereocenters. The SMILES string of the molecule is C=CC(=O)OC(OCCC(F)(F)C(F)(F)S(=O)(=O)[O-])(C(=O)N(CCC)CCC)C(F)(F)F. The summed E-state index contributed by atoms with van der Waals surface area (Å²) in [5.74, 6) is -14.1. The van der Waals surface area contributed by atoms with E-state index in [9.17, 15) is 53.3 Å². The smallest absolute Gasteiger partial charge is 0.466 e. The van der Waals surface area contributed by atoms with Gasteiger partial charge in [0.1, 0.15) is 0 Å². The summed E-state index contributed by atoms with van der Waals surface area (Å²) in [6, 6.07) is 0. The largest absolute Gasteiger partial charge is 0.743 e. The van der Waals surface area contributed by atoms with Gasteiger partial charge in [0.05, 0.1) is 6.61 Å². The molecule has 0 radical (unpaired) electrons. The van der Waals surface area contributed by atoms with Gasteiger partial charge in [0.25, 0.3) is 0 Å². The highest BCUT2D eigenvalue weighted by Gasteiger charge is 2.68. The van der Waals surface area contributed by atoms with Crippen molar-refractivity contribution >= 4 is 22.0 Å². The number of alkyl halides is 7. The second kappa shape index (κ2) is 10.8. The fourth-order valence-corrected chi connectivity index (χ4v) is 2.76. The standard InChI is InChI=1S/C16H22F7NO7S/c1-4-8-24(9-5-2)12(26)14(15(19,20)21,31-11(25)6-3)30-10-7-13(17,18)16(22,23)32(27,28)29/h6H,3-5,7-10H2,1-2H3,(H,27,28,29)/p-1. The van der Waals surface area contributed by atoms with Crippen LogP contribution in [-0.4, -0.2) is 72.6 Å². The van der Waals surface area contributed by atoms with E-state index >= 15 is 0 Å². The number of ether oxygens (including phenoxy) is 2. The maximum Gasteiger partial charge on any atom is 0.466 e. The van der Waals surface area contributed by atoms with Crippen molar-refractivity contribution in [3.05, 3.63) is 12.7 Å². The molecule has 0 fully saturated rings. The monoisotopic (exact) mass is 504 g/mol. The molecule has 1 atom stereocenters. The first kappa shape index (κ1) is 30.1. The molecule has 0 saturated heterocycles. The Hall–Kier alpha value is -1.94. The van der Waals surface area contributed by atoms with E-state index in [1.807, 2.05) is 0 Å². The van der Waals surface area contributed by atoms with E-state index < -0.39 is 58.2 Å². The molecule has 0 aliphatic rings. The number of rotatable bonds is 13. The summed E-state index contributed by atoms with van der Waals surface area (Å²) in [4.78, 5) is 24.7. The van der Waals surface area contributed by atoms with E-state index in [0.717, 1.165) is 0 Å². The third kappa shape index (κ3) is 6.54. The fourth-order valence-electron chi connectivity index (χ4n) is 2.29. The van der Waals surface area contributed by atoms with Crippen LogP contribution in [0.3, 0.4) is 0 Å². The van der Waals surface area contributed by atoms with Crippen LogP contribution in [0.4, 0.5) is 30.7 Å². The average molecular weight is 504 g/mol. The van der Waals surface area contributed by atoms with Crippen molar-refractivity contribution in [1.29, 1.82) is 0 Å². The van der Waals surface area contributed by atoms with Gasteiger partial charge in [0, 0.05) is 25.6 Å². The highest BCUT2D eigenvalue weighted by Crippen LogP contribution is 2.42. The molecule has 188 valence electrons. The Kier molecular flexibility index (Phi) is 10.1. The highest BCUT2D eigenvalue weighted by atomic mass is 32.2. The van der Waals surface area contributed by atoms with Gasteiger partial charge in [0.2, 0.25) is 0 Å².